The maximum atomic E-state index is 12.8. The number of rotatable bonds is 4. The molecular weight excluding hydrogens is 306 g/mol. The highest BCUT2D eigenvalue weighted by Gasteiger charge is 2.44. The van der Waals surface area contributed by atoms with Crippen LogP contribution in [0.2, 0.25) is 5.15 Å². The average Bonchev–Trinajstić information content (AvgIpc) is 3.18. The fourth-order valence-electron chi connectivity index (χ4n) is 3.03. The summed E-state index contributed by atoms with van der Waals surface area (Å²) in [5.41, 5.74) is -0.0906. The molecule has 0 bridgehead atoms. The van der Waals surface area contributed by atoms with Gasteiger partial charge in [0.25, 0.3) is 5.56 Å². The van der Waals surface area contributed by atoms with Crippen molar-refractivity contribution >= 4 is 23.4 Å². The number of fused-ring (bicyclic) bond motifs is 1. The molecule has 0 amide bonds. The van der Waals surface area contributed by atoms with Gasteiger partial charge in [-0.25, -0.2) is 9.78 Å². The highest BCUT2D eigenvalue weighted by Crippen LogP contribution is 2.43. The van der Waals surface area contributed by atoms with E-state index >= 15 is 0 Å². The van der Waals surface area contributed by atoms with E-state index in [1.54, 1.807) is 6.92 Å². The molecule has 0 aromatic carbocycles. The summed E-state index contributed by atoms with van der Waals surface area (Å²) in [5.74, 6) is -0.167. The number of esters is 1. The van der Waals surface area contributed by atoms with Crippen LogP contribution in [0.1, 0.15) is 51.8 Å². The standard InChI is InChI=1S/C15H20ClN3O3/c1-4-22-14(21)9-7-15(2,3)10-11(16)18-12(13(20)19(9)10)17-8-5-6-8/h8-9H,4-7H2,1-3H3,(H,17,18). The summed E-state index contributed by atoms with van der Waals surface area (Å²) in [4.78, 5) is 29.2. The van der Waals surface area contributed by atoms with Gasteiger partial charge in [0.1, 0.15) is 6.04 Å². The molecule has 2 heterocycles. The summed E-state index contributed by atoms with van der Waals surface area (Å²) in [5, 5.41) is 3.37. The van der Waals surface area contributed by atoms with Gasteiger partial charge >= 0.3 is 5.97 Å². The van der Waals surface area contributed by atoms with Gasteiger partial charge in [-0.15, -0.1) is 0 Å². The van der Waals surface area contributed by atoms with E-state index in [1.807, 2.05) is 13.8 Å². The summed E-state index contributed by atoms with van der Waals surface area (Å²) in [6.07, 6.45) is 2.52. The van der Waals surface area contributed by atoms with Gasteiger partial charge in [-0.3, -0.25) is 9.36 Å². The first-order chi connectivity index (χ1) is 10.3. The molecule has 7 heteroatoms. The zero-order chi connectivity index (χ0) is 16.1. The molecule has 120 valence electrons. The summed E-state index contributed by atoms with van der Waals surface area (Å²) in [7, 11) is 0. The average molecular weight is 326 g/mol. The van der Waals surface area contributed by atoms with Crippen molar-refractivity contribution in [2.24, 2.45) is 0 Å². The zero-order valence-corrected chi connectivity index (χ0v) is 13.7. The minimum absolute atomic E-state index is 0.225. The summed E-state index contributed by atoms with van der Waals surface area (Å²) >= 11 is 6.32. The molecule has 1 aliphatic carbocycles. The Morgan fingerprint density at radius 1 is 1.50 bits per heavy atom. The van der Waals surface area contributed by atoms with Crippen LogP contribution in [0.4, 0.5) is 5.82 Å². The number of hydrogen-bond acceptors (Lipinski definition) is 5. The minimum atomic E-state index is -0.641. The first-order valence-corrected chi connectivity index (χ1v) is 7.98. The van der Waals surface area contributed by atoms with E-state index in [0.717, 1.165) is 12.8 Å². The molecule has 1 N–H and O–H groups in total. The number of anilines is 1. The maximum Gasteiger partial charge on any atom is 0.329 e. The van der Waals surface area contributed by atoms with Gasteiger partial charge in [-0.1, -0.05) is 25.4 Å². The van der Waals surface area contributed by atoms with Crippen molar-refractivity contribution in [3.8, 4) is 0 Å². The smallest absolute Gasteiger partial charge is 0.329 e. The van der Waals surface area contributed by atoms with Crippen molar-refractivity contribution in [1.82, 2.24) is 9.55 Å². The third kappa shape index (κ3) is 2.49. The Morgan fingerprint density at radius 3 is 2.77 bits per heavy atom. The third-order valence-corrected chi connectivity index (χ3v) is 4.46. The van der Waals surface area contributed by atoms with E-state index in [1.165, 1.54) is 4.57 Å². The lowest BCUT2D eigenvalue weighted by atomic mass is 9.87. The topological polar surface area (TPSA) is 73.2 Å². The molecule has 0 radical (unpaired) electrons. The lowest BCUT2D eigenvalue weighted by molar-refractivity contribution is -0.147. The largest absolute Gasteiger partial charge is 0.464 e. The van der Waals surface area contributed by atoms with Crippen molar-refractivity contribution in [1.29, 1.82) is 0 Å². The number of nitrogens with zero attached hydrogens (tertiary/aromatic N) is 2. The van der Waals surface area contributed by atoms with Crippen LogP contribution in [-0.4, -0.2) is 28.2 Å². The highest BCUT2D eigenvalue weighted by atomic mass is 35.5. The molecule has 1 aromatic heterocycles. The lowest BCUT2D eigenvalue weighted by Gasteiger charge is -2.18. The number of halogens is 1. The van der Waals surface area contributed by atoms with Gasteiger partial charge in [0, 0.05) is 11.5 Å². The molecule has 1 saturated carbocycles. The molecule has 1 aromatic rings. The fraction of sp³-hybridized carbons (Fsp3) is 0.667. The van der Waals surface area contributed by atoms with Crippen molar-refractivity contribution in [3.63, 3.8) is 0 Å². The van der Waals surface area contributed by atoms with Gasteiger partial charge in [0.05, 0.1) is 12.3 Å². The molecule has 0 saturated heterocycles. The maximum absolute atomic E-state index is 12.8. The number of hydrogen-bond donors (Lipinski definition) is 1. The molecule has 1 atom stereocenters. The molecule has 2 aliphatic rings. The summed E-state index contributed by atoms with van der Waals surface area (Å²) < 4.78 is 6.59. The van der Waals surface area contributed by atoms with Crippen LogP contribution in [0.5, 0.6) is 0 Å². The molecule has 1 unspecified atom stereocenters. The Balaban J connectivity index is 2.11. The number of nitrogens with one attached hydrogen (secondary N) is 1. The number of carbonyl (C=O) groups excluding carboxylic acids is 1. The molecule has 6 nitrogen and oxygen atoms in total. The Morgan fingerprint density at radius 2 is 2.18 bits per heavy atom. The second-order valence-corrected chi connectivity index (χ2v) is 6.91. The molecule has 1 aliphatic heterocycles. The van der Waals surface area contributed by atoms with E-state index in [4.69, 9.17) is 16.3 Å². The fourth-order valence-corrected chi connectivity index (χ4v) is 3.46. The van der Waals surface area contributed by atoms with Gasteiger partial charge in [0.2, 0.25) is 0 Å². The van der Waals surface area contributed by atoms with Gasteiger partial charge in [-0.2, -0.15) is 0 Å². The van der Waals surface area contributed by atoms with Crippen LogP contribution in [0.25, 0.3) is 0 Å². The van der Waals surface area contributed by atoms with E-state index in [9.17, 15) is 9.59 Å². The second kappa shape index (κ2) is 5.26. The number of aromatic nitrogens is 2. The van der Waals surface area contributed by atoms with Crippen LogP contribution < -0.4 is 10.9 Å². The van der Waals surface area contributed by atoms with Crippen molar-refractivity contribution in [2.45, 2.75) is 57.5 Å². The summed E-state index contributed by atoms with van der Waals surface area (Å²) in [6, 6.07) is -0.358. The minimum Gasteiger partial charge on any atom is -0.464 e. The number of ether oxygens (including phenoxy) is 1. The van der Waals surface area contributed by atoms with Gasteiger partial charge < -0.3 is 10.1 Å². The molecular formula is C15H20ClN3O3. The summed E-state index contributed by atoms with van der Waals surface area (Å²) in [6.45, 7) is 5.95. The van der Waals surface area contributed by atoms with E-state index < -0.39 is 17.4 Å². The second-order valence-electron chi connectivity index (χ2n) is 6.55. The molecule has 1 fully saturated rings. The first-order valence-electron chi connectivity index (χ1n) is 7.61. The normalized spacial score (nSPS) is 22.3. The van der Waals surface area contributed by atoms with Crippen molar-refractivity contribution < 1.29 is 9.53 Å². The first kappa shape index (κ1) is 15.3. The Kier molecular flexibility index (Phi) is 3.67. The SMILES string of the molecule is CCOC(=O)C1CC(C)(C)c2c(Cl)nc(NC3CC3)c(=O)n21. The van der Waals surface area contributed by atoms with Crippen LogP contribution in [0.3, 0.4) is 0 Å². The molecule has 3 rings (SSSR count). The van der Waals surface area contributed by atoms with Crippen LogP contribution >= 0.6 is 11.6 Å². The van der Waals surface area contributed by atoms with Crippen molar-refractivity contribution in [3.05, 3.63) is 21.2 Å². The van der Waals surface area contributed by atoms with Gasteiger partial charge in [0.15, 0.2) is 11.0 Å². The van der Waals surface area contributed by atoms with E-state index in [-0.39, 0.29) is 29.2 Å². The highest BCUT2D eigenvalue weighted by molar-refractivity contribution is 6.30. The zero-order valence-electron chi connectivity index (χ0n) is 13.0. The van der Waals surface area contributed by atoms with Crippen LogP contribution in [-0.2, 0) is 14.9 Å². The van der Waals surface area contributed by atoms with E-state index in [2.05, 4.69) is 10.3 Å². The predicted molar refractivity (Wildman–Crippen MR) is 83.5 cm³/mol. The predicted octanol–water partition coefficient (Wildman–Crippen LogP) is 2.26. The van der Waals surface area contributed by atoms with Gasteiger partial charge in [-0.05, 0) is 26.2 Å². The Bertz CT molecular complexity index is 679. The quantitative estimate of drug-likeness (QED) is 0.860. The Labute approximate surface area is 133 Å². The Hall–Kier alpha value is -1.56. The van der Waals surface area contributed by atoms with Crippen molar-refractivity contribution in [2.75, 3.05) is 11.9 Å². The van der Waals surface area contributed by atoms with Crippen LogP contribution in [0, 0.1) is 0 Å². The molecule has 0 spiro atoms. The number of carbonyl (C=O) groups is 1. The molecule has 22 heavy (non-hydrogen) atoms. The third-order valence-electron chi connectivity index (χ3n) is 4.20. The lowest BCUT2D eigenvalue weighted by Crippen LogP contribution is -2.32. The monoisotopic (exact) mass is 325 g/mol. The van der Waals surface area contributed by atoms with Crippen LogP contribution in [0.15, 0.2) is 4.79 Å². The van der Waals surface area contributed by atoms with E-state index in [0.29, 0.717) is 12.1 Å².